The number of methoxy groups -OCH3 is 2. The molecule has 7 nitrogen and oxygen atoms in total. The number of ether oxygens (including phenoxy) is 2. The lowest BCUT2D eigenvalue weighted by molar-refractivity contribution is -0.142. The second-order valence-electron chi connectivity index (χ2n) is 8.36. The van der Waals surface area contributed by atoms with Crippen LogP contribution in [0.1, 0.15) is 30.4 Å². The van der Waals surface area contributed by atoms with Gasteiger partial charge in [-0.2, -0.15) is 0 Å². The number of nitrogens with zero attached hydrogens (tertiary/aromatic N) is 2. The largest absolute Gasteiger partial charge is 0.497 e. The minimum Gasteiger partial charge on any atom is -0.497 e. The highest BCUT2D eigenvalue weighted by atomic mass is 35.5. The number of likely N-dealkylation sites (tertiary alicyclic amines) is 1. The van der Waals surface area contributed by atoms with E-state index in [0.29, 0.717) is 46.3 Å². The van der Waals surface area contributed by atoms with Crippen LogP contribution in [0.15, 0.2) is 36.4 Å². The molecular formula is C24H28ClN3O4. The van der Waals surface area contributed by atoms with Crippen molar-refractivity contribution < 1.29 is 19.1 Å². The average Bonchev–Trinajstić information content (AvgIpc) is 3.09. The fraction of sp³-hybridized carbons (Fsp3) is 0.417. The van der Waals surface area contributed by atoms with Crippen LogP contribution < -0.4 is 14.8 Å². The van der Waals surface area contributed by atoms with Crippen molar-refractivity contribution in [3.8, 4) is 11.5 Å². The van der Waals surface area contributed by atoms with E-state index in [4.69, 9.17) is 21.1 Å². The Morgan fingerprint density at radius 3 is 2.59 bits per heavy atom. The lowest BCUT2D eigenvalue weighted by Crippen LogP contribution is -2.61. The fourth-order valence-electron chi connectivity index (χ4n) is 4.95. The monoisotopic (exact) mass is 457 g/mol. The normalized spacial score (nSPS) is 22.8. The first-order chi connectivity index (χ1) is 15.3. The zero-order valence-electron chi connectivity index (χ0n) is 18.8. The van der Waals surface area contributed by atoms with Gasteiger partial charge in [0.15, 0.2) is 5.54 Å². The van der Waals surface area contributed by atoms with E-state index in [1.165, 1.54) is 0 Å². The fourth-order valence-corrected chi connectivity index (χ4v) is 5.12. The predicted molar refractivity (Wildman–Crippen MR) is 123 cm³/mol. The van der Waals surface area contributed by atoms with Crippen LogP contribution in [0.25, 0.3) is 0 Å². The van der Waals surface area contributed by atoms with Crippen LogP contribution in [0.3, 0.4) is 0 Å². The summed E-state index contributed by atoms with van der Waals surface area (Å²) in [5, 5.41) is 3.54. The van der Waals surface area contributed by atoms with Gasteiger partial charge in [-0.25, -0.2) is 0 Å². The van der Waals surface area contributed by atoms with Crippen molar-refractivity contribution in [1.82, 2.24) is 9.80 Å². The predicted octanol–water partition coefficient (Wildman–Crippen LogP) is 3.50. The second kappa shape index (κ2) is 8.64. The number of rotatable bonds is 5. The molecule has 2 aromatic carbocycles. The standard InChI is InChI=1S/C24H28ClN3O4/c1-27(2)22(29)20-7-5-6-12-28(20)24(18-14-16(31-3)9-11-21(18)32-4)17-13-15(25)8-10-19(17)26-23(24)30/h8-11,13-14,20H,5-7,12H2,1-4H3,(H,26,30)/t20-,24?/m0/s1. The first-order valence-corrected chi connectivity index (χ1v) is 11.0. The molecule has 0 spiro atoms. The minimum absolute atomic E-state index is 0.0331. The number of amides is 2. The zero-order valence-corrected chi connectivity index (χ0v) is 19.5. The van der Waals surface area contributed by atoms with E-state index < -0.39 is 11.6 Å². The SMILES string of the molecule is COc1ccc(OC)c(C2(N3CCCC[C@H]3C(=O)N(C)C)C(=O)Nc3ccc(Cl)cc32)c1. The van der Waals surface area contributed by atoms with E-state index in [2.05, 4.69) is 5.32 Å². The zero-order chi connectivity index (χ0) is 23.0. The molecule has 32 heavy (non-hydrogen) atoms. The van der Waals surface area contributed by atoms with Gasteiger partial charge in [0.2, 0.25) is 5.91 Å². The highest BCUT2D eigenvalue weighted by molar-refractivity contribution is 6.31. The van der Waals surface area contributed by atoms with E-state index in [0.717, 1.165) is 12.8 Å². The van der Waals surface area contributed by atoms with Gasteiger partial charge in [-0.3, -0.25) is 14.5 Å². The maximum absolute atomic E-state index is 14.0. The number of hydrogen-bond acceptors (Lipinski definition) is 5. The number of hydrogen-bond donors (Lipinski definition) is 1. The number of fused-ring (bicyclic) bond motifs is 1. The molecule has 0 bridgehead atoms. The summed E-state index contributed by atoms with van der Waals surface area (Å²) >= 11 is 6.42. The highest BCUT2D eigenvalue weighted by Crippen LogP contribution is 2.51. The molecule has 4 rings (SSSR count). The highest BCUT2D eigenvalue weighted by Gasteiger charge is 2.57. The van der Waals surface area contributed by atoms with Gasteiger partial charge in [0.05, 0.1) is 20.3 Å². The summed E-state index contributed by atoms with van der Waals surface area (Å²) < 4.78 is 11.2. The van der Waals surface area contributed by atoms with Crippen molar-refractivity contribution in [3.05, 3.63) is 52.5 Å². The maximum Gasteiger partial charge on any atom is 0.254 e. The quantitative estimate of drug-likeness (QED) is 0.744. The molecule has 2 aromatic rings. The van der Waals surface area contributed by atoms with Crippen LogP contribution in [-0.4, -0.2) is 62.5 Å². The number of likely N-dealkylation sites (N-methyl/N-ethyl adjacent to an activating group) is 1. The second-order valence-corrected chi connectivity index (χ2v) is 8.79. The van der Waals surface area contributed by atoms with E-state index in [1.807, 2.05) is 11.0 Å². The average molecular weight is 458 g/mol. The molecule has 2 atom stereocenters. The molecule has 1 unspecified atom stereocenters. The molecule has 0 aliphatic carbocycles. The number of benzene rings is 2. The lowest BCUT2D eigenvalue weighted by Gasteiger charge is -2.47. The van der Waals surface area contributed by atoms with Crippen LogP contribution in [0.4, 0.5) is 5.69 Å². The van der Waals surface area contributed by atoms with Crippen molar-refractivity contribution >= 4 is 29.1 Å². The summed E-state index contributed by atoms with van der Waals surface area (Å²) in [6.07, 6.45) is 2.44. The van der Waals surface area contributed by atoms with Gasteiger partial charge in [-0.15, -0.1) is 0 Å². The molecular weight excluding hydrogens is 430 g/mol. The summed E-state index contributed by atoms with van der Waals surface area (Å²) in [4.78, 5) is 30.8. The van der Waals surface area contributed by atoms with Crippen LogP contribution in [0.5, 0.6) is 11.5 Å². The lowest BCUT2D eigenvalue weighted by atomic mass is 9.78. The number of halogens is 1. The Morgan fingerprint density at radius 2 is 1.91 bits per heavy atom. The Hall–Kier alpha value is -2.77. The molecule has 0 radical (unpaired) electrons. The van der Waals surface area contributed by atoms with Gasteiger partial charge >= 0.3 is 0 Å². The van der Waals surface area contributed by atoms with Crippen molar-refractivity contribution in [2.24, 2.45) is 0 Å². The number of carbonyl (C=O) groups excluding carboxylic acids is 2. The first kappa shape index (κ1) is 22.4. The van der Waals surface area contributed by atoms with Crippen molar-refractivity contribution in [2.45, 2.75) is 30.8 Å². The number of anilines is 1. The Kier molecular flexibility index (Phi) is 6.05. The first-order valence-electron chi connectivity index (χ1n) is 10.7. The molecule has 2 heterocycles. The van der Waals surface area contributed by atoms with E-state index in [1.54, 1.807) is 63.5 Å². The topological polar surface area (TPSA) is 71.1 Å². The Labute approximate surface area is 193 Å². The van der Waals surface area contributed by atoms with Crippen LogP contribution in [0, 0.1) is 0 Å². The third-order valence-corrected chi connectivity index (χ3v) is 6.64. The molecule has 0 saturated carbocycles. The van der Waals surface area contributed by atoms with Gasteiger partial charge in [-0.1, -0.05) is 18.0 Å². The van der Waals surface area contributed by atoms with Crippen LogP contribution in [0.2, 0.25) is 5.02 Å². The summed E-state index contributed by atoms with van der Waals surface area (Å²) in [5.41, 5.74) is 0.707. The van der Waals surface area contributed by atoms with Crippen molar-refractivity contribution in [1.29, 1.82) is 0 Å². The molecule has 1 N–H and O–H groups in total. The molecule has 0 aromatic heterocycles. The third-order valence-electron chi connectivity index (χ3n) is 6.40. The van der Waals surface area contributed by atoms with E-state index in [9.17, 15) is 9.59 Å². The van der Waals surface area contributed by atoms with E-state index >= 15 is 0 Å². The number of nitrogens with one attached hydrogen (secondary N) is 1. The minimum atomic E-state index is -1.29. The molecule has 2 aliphatic heterocycles. The molecule has 1 fully saturated rings. The third kappa shape index (κ3) is 3.40. The Morgan fingerprint density at radius 1 is 1.12 bits per heavy atom. The molecule has 2 aliphatic rings. The Balaban J connectivity index is 2.05. The van der Waals surface area contributed by atoms with Gasteiger partial charge < -0.3 is 19.7 Å². The summed E-state index contributed by atoms with van der Waals surface area (Å²) in [6.45, 7) is 0.573. The molecule has 2 amide bonds. The van der Waals surface area contributed by atoms with Gasteiger partial charge in [0.1, 0.15) is 11.5 Å². The molecule has 8 heteroatoms. The molecule has 170 valence electrons. The van der Waals surface area contributed by atoms with E-state index in [-0.39, 0.29) is 11.8 Å². The number of piperidine rings is 1. The van der Waals surface area contributed by atoms with Crippen molar-refractivity contribution in [3.63, 3.8) is 0 Å². The maximum atomic E-state index is 14.0. The number of carbonyl (C=O) groups is 2. The summed E-state index contributed by atoms with van der Waals surface area (Å²) in [5.74, 6) is 0.861. The van der Waals surface area contributed by atoms with Crippen LogP contribution in [-0.2, 0) is 15.1 Å². The summed E-state index contributed by atoms with van der Waals surface area (Å²) in [7, 11) is 6.64. The van der Waals surface area contributed by atoms with Gasteiger partial charge in [-0.05, 0) is 49.2 Å². The van der Waals surface area contributed by atoms with Gasteiger partial charge in [0, 0.05) is 42.5 Å². The van der Waals surface area contributed by atoms with Gasteiger partial charge in [0.25, 0.3) is 5.91 Å². The Bertz CT molecular complexity index is 1060. The molecule has 1 saturated heterocycles. The summed E-state index contributed by atoms with van der Waals surface area (Å²) in [6, 6.07) is 10.3. The smallest absolute Gasteiger partial charge is 0.254 e. The van der Waals surface area contributed by atoms with Crippen LogP contribution >= 0.6 is 11.6 Å². The van der Waals surface area contributed by atoms with Crippen molar-refractivity contribution in [2.75, 3.05) is 40.2 Å².